The van der Waals surface area contributed by atoms with E-state index in [4.69, 9.17) is 5.11 Å². The average Bonchev–Trinajstić information content (AvgIpc) is 2.39. The molecule has 0 saturated heterocycles. The summed E-state index contributed by atoms with van der Waals surface area (Å²) >= 11 is 0. The first kappa shape index (κ1) is 17.1. The molecular weight excluding hydrogens is 275 g/mol. The van der Waals surface area contributed by atoms with Crippen LogP contribution in [0.5, 0.6) is 0 Å². The largest absolute Gasteiger partial charge is 0.480 e. The van der Waals surface area contributed by atoms with Crippen LogP contribution in [-0.2, 0) is 16.1 Å². The smallest absolute Gasteiger partial charge is 0.323 e. The highest BCUT2D eigenvalue weighted by molar-refractivity contribution is 5.81. The quantitative estimate of drug-likeness (QED) is 0.835. The van der Waals surface area contributed by atoms with Crippen molar-refractivity contribution in [2.75, 3.05) is 13.6 Å². The molecule has 6 heteroatoms. The highest BCUT2D eigenvalue weighted by Crippen LogP contribution is 2.12. The molecule has 0 unspecified atom stereocenters. The normalized spacial score (nSPS) is 11.5. The Hall–Kier alpha value is -1.95. The number of carboxylic acid groups (broad SMARTS) is 1. The standard InChI is InChI=1S/C15H21FN2O3/c1-10-5-6-11(7-12(10)16)8-17-13(19)9-18(4)15(2,3)14(20)21/h5-7H,8-9H2,1-4H3,(H,17,19)(H,20,21). The van der Waals surface area contributed by atoms with E-state index in [2.05, 4.69) is 5.32 Å². The van der Waals surface area contributed by atoms with Crippen molar-refractivity contribution in [2.45, 2.75) is 32.9 Å². The van der Waals surface area contributed by atoms with Crippen LogP contribution in [0.4, 0.5) is 4.39 Å². The van der Waals surface area contributed by atoms with Gasteiger partial charge in [0.05, 0.1) is 6.54 Å². The van der Waals surface area contributed by atoms with Crippen LogP contribution in [0.3, 0.4) is 0 Å². The van der Waals surface area contributed by atoms with Crippen LogP contribution in [0, 0.1) is 12.7 Å². The van der Waals surface area contributed by atoms with E-state index in [9.17, 15) is 14.0 Å². The second kappa shape index (κ2) is 6.67. The summed E-state index contributed by atoms with van der Waals surface area (Å²) in [4.78, 5) is 24.3. The molecule has 0 fully saturated rings. The van der Waals surface area contributed by atoms with Crippen molar-refractivity contribution in [2.24, 2.45) is 0 Å². The Kier molecular flexibility index (Phi) is 5.43. The monoisotopic (exact) mass is 296 g/mol. The topological polar surface area (TPSA) is 69.6 Å². The molecule has 0 aliphatic heterocycles. The third-order valence-electron chi connectivity index (χ3n) is 3.58. The van der Waals surface area contributed by atoms with E-state index in [0.717, 1.165) is 0 Å². The molecule has 5 nitrogen and oxygen atoms in total. The molecule has 1 aromatic rings. The summed E-state index contributed by atoms with van der Waals surface area (Å²) in [5.74, 6) is -1.63. The van der Waals surface area contributed by atoms with Gasteiger partial charge in [-0.1, -0.05) is 12.1 Å². The van der Waals surface area contributed by atoms with Gasteiger partial charge in [-0.25, -0.2) is 4.39 Å². The number of nitrogens with one attached hydrogen (secondary N) is 1. The Labute approximate surface area is 123 Å². The molecule has 0 aromatic heterocycles. The summed E-state index contributed by atoms with van der Waals surface area (Å²) in [5, 5.41) is 11.7. The Morgan fingerprint density at radius 1 is 1.38 bits per heavy atom. The van der Waals surface area contributed by atoms with Crippen molar-refractivity contribution in [1.82, 2.24) is 10.2 Å². The average molecular weight is 296 g/mol. The molecular formula is C15H21FN2O3. The van der Waals surface area contributed by atoms with Crippen molar-refractivity contribution in [3.63, 3.8) is 0 Å². The Balaban J connectivity index is 2.54. The molecule has 0 heterocycles. The van der Waals surface area contributed by atoms with Gasteiger partial charge in [-0.15, -0.1) is 0 Å². The van der Waals surface area contributed by atoms with Crippen LogP contribution in [0.15, 0.2) is 18.2 Å². The molecule has 0 aliphatic rings. The second-order valence-electron chi connectivity index (χ2n) is 5.58. The van der Waals surface area contributed by atoms with Crippen molar-refractivity contribution >= 4 is 11.9 Å². The number of benzene rings is 1. The maximum absolute atomic E-state index is 13.4. The van der Waals surface area contributed by atoms with Gasteiger partial charge in [0.2, 0.25) is 5.91 Å². The first-order chi connectivity index (χ1) is 9.64. The maximum Gasteiger partial charge on any atom is 0.323 e. The number of aryl methyl sites for hydroxylation is 1. The number of likely N-dealkylation sites (N-methyl/N-ethyl adjacent to an activating group) is 1. The molecule has 0 aliphatic carbocycles. The number of carboxylic acids is 1. The molecule has 21 heavy (non-hydrogen) atoms. The lowest BCUT2D eigenvalue weighted by Gasteiger charge is -2.30. The number of aliphatic carboxylic acids is 1. The zero-order valence-corrected chi connectivity index (χ0v) is 12.7. The summed E-state index contributed by atoms with van der Waals surface area (Å²) in [5.41, 5.74) is 0.0763. The lowest BCUT2D eigenvalue weighted by atomic mass is 10.0. The van der Waals surface area contributed by atoms with Gasteiger partial charge in [-0.2, -0.15) is 0 Å². The molecule has 1 amide bonds. The van der Waals surface area contributed by atoms with Crippen LogP contribution >= 0.6 is 0 Å². The highest BCUT2D eigenvalue weighted by atomic mass is 19.1. The number of amides is 1. The minimum Gasteiger partial charge on any atom is -0.480 e. The molecule has 2 N–H and O–H groups in total. The summed E-state index contributed by atoms with van der Waals surface area (Å²) in [6.45, 7) is 4.88. The third kappa shape index (κ3) is 4.53. The molecule has 0 spiro atoms. The fraction of sp³-hybridized carbons (Fsp3) is 0.467. The molecule has 1 aromatic carbocycles. The lowest BCUT2D eigenvalue weighted by molar-refractivity contribution is -0.149. The Morgan fingerprint density at radius 2 is 2.00 bits per heavy atom. The number of hydrogen-bond donors (Lipinski definition) is 2. The van der Waals surface area contributed by atoms with Crippen LogP contribution in [0.2, 0.25) is 0 Å². The van der Waals surface area contributed by atoms with Crippen molar-refractivity contribution in [1.29, 1.82) is 0 Å². The third-order valence-corrected chi connectivity index (χ3v) is 3.58. The van der Waals surface area contributed by atoms with Gasteiger partial charge in [-0.3, -0.25) is 14.5 Å². The van der Waals surface area contributed by atoms with Crippen molar-refractivity contribution in [3.8, 4) is 0 Å². The van der Waals surface area contributed by atoms with Crippen LogP contribution in [0.25, 0.3) is 0 Å². The molecule has 0 atom stereocenters. The van der Waals surface area contributed by atoms with Gasteiger partial charge in [-0.05, 0) is 45.0 Å². The predicted molar refractivity (Wildman–Crippen MR) is 77.3 cm³/mol. The fourth-order valence-electron chi connectivity index (χ4n) is 1.58. The summed E-state index contributed by atoms with van der Waals surface area (Å²) in [6, 6.07) is 4.76. The highest BCUT2D eigenvalue weighted by Gasteiger charge is 2.32. The number of carbonyl (C=O) groups excluding carboxylic acids is 1. The van der Waals surface area contributed by atoms with Crippen LogP contribution in [0.1, 0.15) is 25.0 Å². The summed E-state index contributed by atoms with van der Waals surface area (Å²) in [7, 11) is 1.57. The van der Waals surface area contributed by atoms with Gasteiger partial charge in [0.1, 0.15) is 11.4 Å². The van der Waals surface area contributed by atoms with E-state index in [-0.39, 0.29) is 24.8 Å². The van der Waals surface area contributed by atoms with Gasteiger partial charge in [0, 0.05) is 6.54 Å². The number of carbonyl (C=O) groups is 2. The lowest BCUT2D eigenvalue weighted by Crippen LogP contribution is -2.51. The zero-order chi connectivity index (χ0) is 16.2. The zero-order valence-electron chi connectivity index (χ0n) is 12.7. The first-order valence-electron chi connectivity index (χ1n) is 6.61. The fourth-order valence-corrected chi connectivity index (χ4v) is 1.58. The van der Waals surface area contributed by atoms with E-state index in [0.29, 0.717) is 11.1 Å². The maximum atomic E-state index is 13.4. The Morgan fingerprint density at radius 3 is 2.52 bits per heavy atom. The number of nitrogens with zero attached hydrogens (tertiary/aromatic N) is 1. The second-order valence-corrected chi connectivity index (χ2v) is 5.58. The van der Waals surface area contributed by atoms with Gasteiger partial charge >= 0.3 is 5.97 Å². The molecule has 0 bridgehead atoms. The number of hydrogen-bond acceptors (Lipinski definition) is 3. The number of halogens is 1. The molecule has 0 saturated carbocycles. The van der Waals surface area contributed by atoms with E-state index < -0.39 is 11.5 Å². The number of rotatable bonds is 6. The summed E-state index contributed by atoms with van der Waals surface area (Å²) in [6.07, 6.45) is 0. The predicted octanol–water partition coefficient (Wildman–Crippen LogP) is 1.55. The summed E-state index contributed by atoms with van der Waals surface area (Å²) < 4.78 is 13.4. The van der Waals surface area contributed by atoms with Crippen LogP contribution < -0.4 is 5.32 Å². The van der Waals surface area contributed by atoms with Gasteiger partial charge in [0.15, 0.2) is 0 Å². The molecule has 1 rings (SSSR count). The van der Waals surface area contributed by atoms with Crippen molar-refractivity contribution in [3.05, 3.63) is 35.1 Å². The Bertz CT molecular complexity index is 544. The van der Waals surface area contributed by atoms with Crippen LogP contribution in [-0.4, -0.2) is 41.0 Å². The first-order valence-corrected chi connectivity index (χ1v) is 6.61. The molecule has 0 radical (unpaired) electrons. The van der Waals surface area contributed by atoms with E-state index in [1.54, 1.807) is 26.1 Å². The van der Waals surface area contributed by atoms with E-state index >= 15 is 0 Å². The van der Waals surface area contributed by atoms with Crippen molar-refractivity contribution < 1.29 is 19.1 Å². The molecule has 116 valence electrons. The van der Waals surface area contributed by atoms with E-state index in [1.807, 2.05) is 0 Å². The minimum absolute atomic E-state index is 0.0480. The van der Waals surface area contributed by atoms with Gasteiger partial charge < -0.3 is 10.4 Å². The van der Waals surface area contributed by atoms with Gasteiger partial charge in [0.25, 0.3) is 0 Å². The van der Waals surface area contributed by atoms with E-state index in [1.165, 1.54) is 24.8 Å². The SMILES string of the molecule is Cc1ccc(CNC(=O)CN(C)C(C)(C)C(=O)O)cc1F. The minimum atomic E-state index is -1.13.